The number of amides is 1. The quantitative estimate of drug-likeness (QED) is 0.848. The predicted molar refractivity (Wildman–Crippen MR) is 71.5 cm³/mol. The second-order valence-corrected chi connectivity index (χ2v) is 5.48. The summed E-state index contributed by atoms with van der Waals surface area (Å²) in [4.78, 5) is 10.9. The second kappa shape index (κ2) is 6.53. The van der Waals surface area contributed by atoms with E-state index in [0.29, 0.717) is 10.6 Å². The van der Waals surface area contributed by atoms with Crippen molar-refractivity contribution in [2.24, 2.45) is 0 Å². The van der Waals surface area contributed by atoms with Crippen LogP contribution in [-0.4, -0.2) is 27.9 Å². The molecule has 0 heterocycles. The molecule has 0 aromatic heterocycles. The molecule has 0 bridgehead atoms. The number of nitrogens with one attached hydrogen (secondary N) is 2. The number of carbonyl (C=O) groups excluding carboxylic acids is 1. The normalized spacial score (nSPS) is 11.7. The van der Waals surface area contributed by atoms with E-state index >= 15 is 0 Å². The van der Waals surface area contributed by atoms with Crippen LogP contribution in [0.4, 0.5) is 0 Å². The number of rotatable bonds is 5. The summed E-state index contributed by atoms with van der Waals surface area (Å²) < 4.78 is 25.1. The molecule has 0 aliphatic rings. The third-order valence-electron chi connectivity index (χ3n) is 2.02. The van der Waals surface area contributed by atoms with Crippen LogP contribution in [0, 0.1) is 0 Å². The Labute approximate surface area is 111 Å². The van der Waals surface area contributed by atoms with Gasteiger partial charge in [-0.1, -0.05) is 23.7 Å². The molecule has 0 saturated heterocycles. The van der Waals surface area contributed by atoms with Crippen LogP contribution in [0.25, 0.3) is 6.08 Å². The van der Waals surface area contributed by atoms with E-state index < -0.39 is 15.9 Å². The summed E-state index contributed by atoms with van der Waals surface area (Å²) in [7, 11) is -2.19. The van der Waals surface area contributed by atoms with E-state index in [4.69, 9.17) is 11.6 Å². The van der Waals surface area contributed by atoms with Crippen LogP contribution in [0.3, 0.4) is 0 Å². The first-order valence-electron chi connectivity index (χ1n) is 5.07. The zero-order valence-corrected chi connectivity index (χ0v) is 11.3. The molecular weight excluding hydrogens is 276 g/mol. The van der Waals surface area contributed by atoms with Crippen molar-refractivity contribution < 1.29 is 13.2 Å². The number of hydrogen-bond acceptors (Lipinski definition) is 3. The van der Waals surface area contributed by atoms with Crippen molar-refractivity contribution in [3.63, 3.8) is 0 Å². The first-order valence-corrected chi connectivity index (χ1v) is 6.99. The SMILES string of the molecule is CNC(=O)CNS(=O)(=O)C=Cc1ccc(Cl)cc1. The molecule has 1 rings (SSSR count). The van der Waals surface area contributed by atoms with Gasteiger partial charge < -0.3 is 5.32 Å². The minimum Gasteiger partial charge on any atom is -0.358 e. The van der Waals surface area contributed by atoms with Gasteiger partial charge in [-0.15, -0.1) is 0 Å². The molecule has 18 heavy (non-hydrogen) atoms. The van der Waals surface area contributed by atoms with Gasteiger partial charge in [0.25, 0.3) is 0 Å². The molecule has 0 saturated carbocycles. The highest BCUT2D eigenvalue weighted by Crippen LogP contribution is 2.10. The lowest BCUT2D eigenvalue weighted by molar-refractivity contribution is -0.119. The van der Waals surface area contributed by atoms with Crippen LogP contribution in [0.15, 0.2) is 29.7 Å². The van der Waals surface area contributed by atoms with Gasteiger partial charge in [-0.3, -0.25) is 4.79 Å². The predicted octanol–water partition coefficient (Wildman–Crippen LogP) is 0.976. The summed E-state index contributed by atoms with van der Waals surface area (Å²) >= 11 is 5.70. The molecule has 0 fully saturated rings. The van der Waals surface area contributed by atoms with E-state index in [9.17, 15) is 13.2 Å². The molecule has 0 atom stereocenters. The maximum Gasteiger partial charge on any atom is 0.234 e. The van der Waals surface area contributed by atoms with Gasteiger partial charge in [0.15, 0.2) is 0 Å². The topological polar surface area (TPSA) is 75.3 Å². The number of carbonyl (C=O) groups is 1. The Morgan fingerprint density at radius 2 is 1.94 bits per heavy atom. The minimum atomic E-state index is -3.62. The van der Waals surface area contributed by atoms with Crippen LogP contribution < -0.4 is 10.0 Å². The van der Waals surface area contributed by atoms with Gasteiger partial charge in [0.05, 0.1) is 6.54 Å². The molecule has 2 N–H and O–H groups in total. The fourth-order valence-electron chi connectivity index (χ4n) is 1.04. The van der Waals surface area contributed by atoms with E-state index in [0.717, 1.165) is 5.41 Å². The van der Waals surface area contributed by atoms with Crippen molar-refractivity contribution in [2.75, 3.05) is 13.6 Å². The molecular formula is C11H13ClN2O3S. The molecule has 5 nitrogen and oxygen atoms in total. The average Bonchev–Trinajstić information content (AvgIpc) is 2.35. The number of sulfonamides is 1. The zero-order valence-electron chi connectivity index (χ0n) is 9.68. The highest BCUT2D eigenvalue weighted by molar-refractivity contribution is 7.92. The maximum atomic E-state index is 11.5. The van der Waals surface area contributed by atoms with Crippen molar-refractivity contribution >= 4 is 33.6 Å². The third-order valence-corrected chi connectivity index (χ3v) is 3.32. The summed E-state index contributed by atoms with van der Waals surface area (Å²) in [6.07, 6.45) is 1.42. The third kappa shape index (κ3) is 5.31. The smallest absolute Gasteiger partial charge is 0.234 e. The van der Waals surface area contributed by atoms with Gasteiger partial charge >= 0.3 is 0 Å². The lowest BCUT2D eigenvalue weighted by atomic mass is 10.2. The summed E-state index contributed by atoms with van der Waals surface area (Å²) in [5.41, 5.74) is 0.699. The van der Waals surface area contributed by atoms with E-state index in [1.165, 1.54) is 13.1 Å². The Morgan fingerprint density at radius 1 is 1.33 bits per heavy atom. The molecule has 1 aromatic rings. The van der Waals surface area contributed by atoms with Crippen LogP contribution >= 0.6 is 11.6 Å². The molecule has 1 amide bonds. The van der Waals surface area contributed by atoms with E-state index in [2.05, 4.69) is 10.0 Å². The van der Waals surface area contributed by atoms with Gasteiger partial charge in [-0.05, 0) is 23.8 Å². The van der Waals surface area contributed by atoms with Gasteiger partial charge in [-0.25, -0.2) is 13.1 Å². The Kier molecular flexibility index (Phi) is 5.33. The van der Waals surface area contributed by atoms with Crippen molar-refractivity contribution in [3.05, 3.63) is 40.3 Å². The van der Waals surface area contributed by atoms with Crippen LogP contribution in [0.5, 0.6) is 0 Å². The first-order chi connectivity index (χ1) is 8.43. The summed E-state index contributed by atoms with van der Waals surface area (Å²) in [6.45, 7) is -0.288. The Hall–Kier alpha value is -1.37. The second-order valence-electron chi connectivity index (χ2n) is 3.39. The summed E-state index contributed by atoms with van der Waals surface area (Å²) in [6, 6.07) is 6.69. The van der Waals surface area contributed by atoms with Gasteiger partial charge in [-0.2, -0.15) is 0 Å². The highest BCUT2D eigenvalue weighted by atomic mass is 35.5. The molecule has 98 valence electrons. The standard InChI is InChI=1S/C11H13ClN2O3S/c1-13-11(15)8-14-18(16,17)7-6-9-2-4-10(12)5-3-9/h2-7,14H,8H2,1H3,(H,13,15). The lowest BCUT2D eigenvalue weighted by Gasteiger charge is -2.01. The largest absolute Gasteiger partial charge is 0.358 e. The van der Waals surface area contributed by atoms with Gasteiger partial charge in [0.1, 0.15) is 0 Å². The number of benzene rings is 1. The minimum absolute atomic E-state index is 0.288. The van der Waals surface area contributed by atoms with Gasteiger partial charge in [0, 0.05) is 17.5 Å². The molecule has 1 aromatic carbocycles. The first kappa shape index (κ1) is 14.7. The zero-order chi connectivity index (χ0) is 13.6. The molecule has 0 unspecified atom stereocenters. The van der Waals surface area contributed by atoms with E-state index in [1.54, 1.807) is 24.3 Å². The van der Waals surface area contributed by atoms with Crippen LogP contribution in [-0.2, 0) is 14.8 Å². The fraction of sp³-hybridized carbons (Fsp3) is 0.182. The summed E-state index contributed by atoms with van der Waals surface area (Å²) in [5.74, 6) is -0.404. The van der Waals surface area contributed by atoms with E-state index in [1.807, 2.05) is 0 Å². The fourth-order valence-corrected chi connectivity index (χ4v) is 1.94. The molecule has 7 heteroatoms. The number of hydrogen-bond donors (Lipinski definition) is 2. The lowest BCUT2D eigenvalue weighted by Crippen LogP contribution is -2.34. The molecule has 0 aliphatic carbocycles. The van der Waals surface area contributed by atoms with Crippen LogP contribution in [0.1, 0.15) is 5.56 Å². The Bertz CT molecular complexity index is 538. The van der Waals surface area contributed by atoms with Crippen molar-refractivity contribution in [2.45, 2.75) is 0 Å². The van der Waals surface area contributed by atoms with Crippen LogP contribution in [0.2, 0.25) is 5.02 Å². The molecule has 0 aliphatic heterocycles. The van der Waals surface area contributed by atoms with E-state index in [-0.39, 0.29) is 6.54 Å². The van der Waals surface area contributed by atoms with Crippen molar-refractivity contribution in [1.82, 2.24) is 10.0 Å². The van der Waals surface area contributed by atoms with Gasteiger partial charge in [0.2, 0.25) is 15.9 Å². The number of halogens is 1. The maximum absolute atomic E-state index is 11.5. The Balaban J connectivity index is 2.65. The molecule has 0 radical (unpaired) electrons. The highest BCUT2D eigenvalue weighted by Gasteiger charge is 2.07. The number of likely N-dealkylation sites (N-methyl/N-ethyl adjacent to an activating group) is 1. The molecule has 0 spiro atoms. The summed E-state index contributed by atoms with van der Waals surface area (Å²) in [5, 5.41) is 3.89. The van der Waals surface area contributed by atoms with Crippen molar-refractivity contribution in [1.29, 1.82) is 0 Å². The average molecular weight is 289 g/mol. The monoisotopic (exact) mass is 288 g/mol. The Morgan fingerprint density at radius 3 is 2.50 bits per heavy atom. The van der Waals surface area contributed by atoms with Crippen molar-refractivity contribution in [3.8, 4) is 0 Å².